The molecule has 6 nitrogen and oxygen atoms in total. The molecule has 0 saturated heterocycles. The average molecular weight is 737 g/mol. The normalized spacial score (nSPS) is 12.6. The van der Waals surface area contributed by atoms with Crippen LogP contribution in [-0.4, -0.2) is 37.2 Å². The highest BCUT2D eigenvalue weighted by Crippen LogP contribution is 2.17. The number of esters is 3. The van der Waals surface area contributed by atoms with Crippen LogP contribution in [0, 0.1) is 11.8 Å². The Morgan fingerprint density at radius 2 is 0.731 bits per heavy atom. The third-order valence-corrected chi connectivity index (χ3v) is 10.6. The summed E-state index contributed by atoms with van der Waals surface area (Å²) in [6.45, 7) is 11.2. The van der Waals surface area contributed by atoms with Gasteiger partial charge in [-0.1, -0.05) is 208 Å². The number of unbranched alkanes of at least 4 members (excludes halogenated alkanes) is 24. The van der Waals surface area contributed by atoms with E-state index in [1.54, 1.807) is 0 Å². The molecule has 308 valence electrons. The largest absolute Gasteiger partial charge is 0.462 e. The van der Waals surface area contributed by atoms with Gasteiger partial charge in [-0.3, -0.25) is 14.4 Å². The molecule has 0 bridgehead atoms. The third-order valence-electron chi connectivity index (χ3n) is 10.6. The van der Waals surface area contributed by atoms with Crippen LogP contribution >= 0.6 is 0 Å². The fourth-order valence-corrected chi connectivity index (χ4v) is 6.72. The Labute approximate surface area is 323 Å². The number of hydrogen-bond donors (Lipinski definition) is 0. The van der Waals surface area contributed by atoms with E-state index in [-0.39, 0.29) is 31.1 Å². The topological polar surface area (TPSA) is 78.9 Å². The first-order valence-corrected chi connectivity index (χ1v) is 22.8. The second-order valence-corrected chi connectivity index (χ2v) is 16.4. The molecule has 1 unspecified atom stereocenters. The third kappa shape index (κ3) is 38.1. The summed E-state index contributed by atoms with van der Waals surface area (Å²) >= 11 is 0. The van der Waals surface area contributed by atoms with Gasteiger partial charge >= 0.3 is 17.9 Å². The van der Waals surface area contributed by atoms with Gasteiger partial charge < -0.3 is 14.2 Å². The summed E-state index contributed by atoms with van der Waals surface area (Å²) in [5.41, 5.74) is 0. The lowest BCUT2D eigenvalue weighted by atomic mass is 10.00. The second-order valence-electron chi connectivity index (χ2n) is 16.4. The summed E-state index contributed by atoms with van der Waals surface area (Å²) in [6, 6.07) is 0. The monoisotopic (exact) mass is 737 g/mol. The van der Waals surface area contributed by atoms with Crippen LogP contribution in [0.5, 0.6) is 0 Å². The second kappa shape index (κ2) is 39.1. The summed E-state index contributed by atoms with van der Waals surface area (Å²) in [4.78, 5) is 37.4. The van der Waals surface area contributed by atoms with Crippen molar-refractivity contribution in [3.05, 3.63) is 0 Å². The van der Waals surface area contributed by atoms with Gasteiger partial charge in [0.15, 0.2) is 6.10 Å². The standard InChI is InChI=1S/C46H88O6/c1-6-8-9-24-31-36-44(47)50-39-43(40-51-45(48)37-32-27-23-22-26-30-35-42(5)7-2)52-46(49)38-33-28-21-19-17-15-13-11-10-12-14-16-18-20-25-29-34-41(3)4/h41-43H,6-40H2,1-5H3/t42?,43-/m1/s1. The number of rotatable bonds is 40. The first kappa shape index (κ1) is 50.4. The maximum atomic E-state index is 12.7. The number of hydrogen-bond acceptors (Lipinski definition) is 6. The highest BCUT2D eigenvalue weighted by molar-refractivity contribution is 5.71. The lowest BCUT2D eigenvalue weighted by molar-refractivity contribution is -0.167. The summed E-state index contributed by atoms with van der Waals surface area (Å²) in [5.74, 6) is 0.792. The molecule has 0 aliphatic carbocycles. The zero-order chi connectivity index (χ0) is 38.3. The average Bonchev–Trinajstić information content (AvgIpc) is 3.12. The van der Waals surface area contributed by atoms with Crippen molar-refractivity contribution in [3.63, 3.8) is 0 Å². The van der Waals surface area contributed by atoms with Crippen LogP contribution < -0.4 is 0 Å². The number of carbonyl (C=O) groups is 3. The fourth-order valence-electron chi connectivity index (χ4n) is 6.72. The van der Waals surface area contributed by atoms with Crippen LogP contribution in [0.3, 0.4) is 0 Å². The van der Waals surface area contributed by atoms with Gasteiger partial charge in [-0.25, -0.2) is 0 Å². The van der Waals surface area contributed by atoms with E-state index in [0.717, 1.165) is 76.0 Å². The molecule has 0 aliphatic rings. The van der Waals surface area contributed by atoms with E-state index in [1.807, 2.05) is 0 Å². The molecular formula is C46H88O6. The molecule has 2 atom stereocenters. The van der Waals surface area contributed by atoms with Crippen molar-refractivity contribution in [2.24, 2.45) is 11.8 Å². The molecule has 0 aliphatic heterocycles. The van der Waals surface area contributed by atoms with E-state index in [0.29, 0.717) is 19.3 Å². The van der Waals surface area contributed by atoms with E-state index in [9.17, 15) is 14.4 Å². The van der Waals surface area contributed by atoms with Crippen molar-refractivity contribution in [3.8, 4) is 0 Å². The SMILES string of the molecule is CCCCCCCC(=O)OC[C@H](COC(=O)CCCCCCCCC(C)CC)OC(=O)CCCCCCCCCCCCCCCCCCC(C)C. The summed E-state index contributed by atoms with van der Waals surface area (Å²) < 4.78 is 16.6. The van der Waals surface area contributed by atoms with Crippen LogP contribution in [0.25, 0.3) is 0 Å². The molecular weight excluding hydrogens is 649 g/mol. The maximum absolute atomic E-state index is 12.7. The number of carbonyl (C=O) groups excluding carboxylic acids is 3. The number of ether oxygens (including phenoxy) is 3. The first-order valence-electron chi connectivity index (χ1n) is 22.8. The first-order chi connectivity index (χ1) is 25.3. The van der Waals surface area contributed by atoms with E-state index in [1.165, 1.54) is 128 Å². The van der Waals surface area contributed by atoms with Crippen molar-refractivity contribution in [2.75, 3.05) is 13.2 Å². The Balaban J connectivity index is 4.13. The molecule has 6 heteroatoms. The van der Waals surface area contributed by atoms with Gasteiger partial charge in [-0.05, 0) is 31.1 Å². The fraction of sp³-hybridized carbons (Fsp3) is 0.935. The highest BCUT2D eigenvalue weighted by atomic mass is 16.6. The Morgan fingerprint density at radius 1 is 0.404 bits per heavy atom. The Hall–Kier alpha value is -1.59. The Kier molecular flexibility index (Phi) is 37.9. The van der Waals surface area contributed by atoms with Crippen LogP contribution in [0.15, 0.2) is 0 Å². The quantitative estimate of drug-likeness (QED) is 0.0354. The van der Waals surface area contributed by atoms with Crippen molar-refractivity contribution in [1.82, 2.24) is 0 Å². The Morgan fingerprint density at radius 3 is 1.10 bits per heavy atom. The van der Waals surface area contributed by atoms with Crippen LogP contribution in [0.4, 0.5) is 0 Å². The van der Waals surface area contributed by atoms with Gasteiger partial charge in [0.1, 0.15) is 13.2 Å². The Bertz CT molecular complexity index is 796. The van der Waals surface area contributed by atoms with E-state index in [2.05, 4.69) is 34.6 Å². The molecule has 0 aromatic heterocycles. The molecule has 0 rings (SSSR count). The van der Waals surface area contributed by atoms with Crippen molar-refractivity contribution >= 4 is 17.9 Å². The van der Waals surface area contributed by atoms with E-state index >= 15 is 0 Å². The van der Waals surface area contributed by atoms with Gasteiger partial charge in [0.25, 0.3) is 0 Å². The lowest BCUT2D eigenvalue weighted by Gasteiger charge is -2.18. The molecule has 52 heavy (non-hydrogen) atoms. The van der Waals surface area contributed by atoms with Crippen LogP contribution in [-0.2, 0) is 28.6 Å². The predicted molar refractivity (Wildman–Crippen MR) is 220 cm³/mol. The highest BCUT2D eigenvalue weighted by Gasteiger charge is 2.19. The predicted octanol–water partition coefficient (Wildman–Crippen LogP) is 14.2. The molecule has 0 fully saturated rings. The minimum absolute atomic E-state index is 0.0669. The molecule has 0 amide bonds. The molecule has 0 aromatic carbocycles. The molecule has 0 spiro atoms. The molecule has 0 N–H and O–H groups in total. The van der Waals surface area contributed by atoms with Crippen LogP contribution in [0.1, 0.15) is 247 Å². The molecule has 0 aromatic rings. The zero-order valence-corrected chi connectivity index (χ0v) is 35.4. The molecule has 0 heterocycles. The van der Waals surface area contributed by atoms with Gasteiger partial charge in [0.05, 0.1) is 0 Å². The molecule has 0 radical (unpaired) electrons. The van der Waals surface area contributed by atoms with E-state index in [4.69, 9.17) is 14.2 Å². The summed E-state index contributed by atoms with van der Waals surface area (Å²) in [7, 11) is 0. The maximum Gasteiger partial charge on any atom is 0.306 e. The minimum Gasteiger partial charge on any atom is -0.462 e. The zero-order valence-electron chi connectivity index (χ0n) is 35.4. The van der Waals surface area contributed by atoms with Gasteiger partial charge in [0.2, 0.25) is 0 Å². The van der Waals surface area contributed by atoms with Crippen molar-refractivity contribution in [2.45, 2.75) is 253 Å². The van der Waals surface area contributed by atoms with Gasteiger partial charge in [-0.15, -0.1) is 0 Å². The van der Waals surface area contributed by atoms with E-state index < -0.39 is 6.10 Å². The van der Waals surface area contributed by atoms with Crippen molar-refractivity contribution < 1.29 is 28.6 Å². The van der Waals surface area contributed by atoms with Gasteiger partial charge in [0, 0.05) is 19.3 Å². The smallest absolute Gasteiger partial charge is 0.306 e. The van der Waals surface area contributed by atoms with Gasteiger partial charge in [-0.2, -0.15) is 0 Å². The van der Waals surface area contributed by atoms with Crippen LogP contribution in [0.2, 0.25) is 0 Å². The molecule has 0 saturated carbocycles. The summed E-state index contributed by atoms with van der Waals surface area (Å²) in [6.07, 6.45) is 37.0. The summed E-state index contributed by atoms with van der Waals surface area (Å²) in [5, 5.41) is 0. The van der Waals surface area contributed by atoms with Crippen molar-refractivity contribution in [1.29, 1.82) is 0 Å². The lowest BCUT2D eigenvalue weighted by Crippen LogP contribution is -2.30. The minimum atomic E-state index is -0.759.